The van der Waals surface area contributed by atoms with Crippen LogP contribution in [0.3, 0.4) is 0 Å². The highest BCUT2D eigenvalue weighted by Gasteiger charge is 2.21. The van der Waals surface area contributed by atoms with E-state index >= 15 is 0 Å². The highest BCUT2D eigenvalue weighted by molar-refractivity contribution is 5.75. The number of imidazole rings is 2. The predicted octanol–water partition coefficient (Wildman–Crippen LogP) is 7.45. The Morgan fingerprint density at radius 3 is 2.44 bits per heavy atom. The molecule has 3 heterocycles. The van der Waals surface area contributed by atoms with Gasteiger partial charge in [0, 0.05) is 48.5 Å². The molecule has 0 atom stereocenters. The molecule has 0 saturated carbocycles. The van der Waals surface area contributed by atoms with Gasteiger partial charge < -0.3 is 14.0 Å². The van der Waals surface area contributed by atoms with E-state index < -0.39 is 0 Å². The Balaban J connectivity index is 1.16. The average Bonchev–Trinajstić information content (AvgIpc) is 3.72. The molecular weight excluding hydrogens is 478 g/mol. The highest BCUT2D eigenvalue weighted by atomic mass is 15.4. The lowest BCUT2D eigenvalue weighted by Gasteiger charge is -2.17. The van der Waals surface area contributed by atoms with Gasteiger partial charge >= 0.3 is 0 Å². The fourth-order valence-electron chi connectivity index (χ4n) is 5.63. The van der Waals surface area contributed by atoms with Crippen molar-refractivity contribution >= 4 is 11.6 Å². The molecular formula is C34H29N5. The number of fused-ring (bicyclic) bond motifs is 1. The standard InChI is InChI=1S/C34H29N5/c1-25-8-5-15-31(28-11-3-2-4-12-28)33(25)38-23-32(36-24-38)29-13-6-9-26(21-29)20-27-10-7-14-30(22-27)39-19-18-37-17-16-35-34(37)39/h2-17,21-24H,18-20H2,1H3. The molecule has 5 heteroatoms. The molecule has 0 fully saturated rings. The molecule has 7 rings (SSSR count). The van der Waals surface area contributed by atoms with Crippen LogP contribution in [-0.2, 0) is 13.0 Å². The van der Waals surface area contributed by atoms with Crippen molar-refractivity contribution in [2.24, 2.45) is 0 Å². The van der Waals surface area contributed by atoms with Crippen molar-refractivity contribution in [2.45, 2.75) is 19.9 Å². The summed E-state index contributed by atoms with van der Waals surface area (Å²) in [5.41, 5.74) is 10.6. The zero-order chi connectivity index (χ0) is 26.2. The molecule has 5 nitrogen and oxygen atoms in total. The third-order valence-electron chi connectivity index (χ3n) is 7.52. The van der Waals surface area contributed by atoms with E-state index in [0.29, 0.717) is 0 Å². The Morgan fingerprint density at radius 2 is 1.54 bits per heavy atom. The fourth-order valence-corrected chi connectivity index (χ4v) is 5.63. The smallest absolute Gasteiger partial charge is 0.210 e. The normalized spacial score (nSPS) is 12.6. The molecule has 39 heavy (non-hydrogen) atoms. The lowest BCUT2D eigenvalue weighted by Crippen LogP contribution is -2.14. The van der Waals surface area contributed by atoms with Gasteiger partial charge in [0.2, 0.25) is 5.95 Å². The van der Waals surface area contributed by atoms with Gasteiger partial charge in [-0.25, -0.2) is 9.97 Å². The van der Waals surface area contributed by atoms with Crippen molar-refractivity contribution in [3.63, 3.8) is 0 Å². The van der Waals surface area contributed by atoms with Crippen LogP contribution in [0.2, 0.25) is 0 Å². The number of para-hydroxylation sites is 1. The van der Waals surface area contributed by atoms with Crippen molar-refractivity contribution in [1.82, 2.24) is 19.1 Å². The third-order valence-corrected chi connectivity index (χ3v) is 7.52. The predicted molar refractivity (Wildman–Crippen MR) is 158 cm³/mol. The van der Waals surface area contributed by atoms with Gasteiger partial charge in [0.05, 0.1) is 17.7 Å². The Hall–Kier alpha value is -4.90. The van der Waals surface area contributed by atoms with Crippen LogP contribution < -0.4 is 4.90 Å². The van der Waals surface area contributed by atoms with Crippen LogP contribution in [0.25, 0.3) is 28.1 Å². The lowest BCUT2D eigenvalue weighted by molar-refractivity contribution is 0.800. The topological polar surface area (TPSA) is 38.9 Å². The number of hydrogen-bond acceptors (Lipinski definition) is 3. The Morgan fingerprint density at radius 1 is 0.744 bits per heavy atom. The molecule has 0 unspecified atom stereocenters. The number of hydrogen-bond donors (Lipinski definition) is 0. The van der Waals surface area contributed by atoms with Crippen molar-refractivity contribution in [2.75, 3.05) is 11.4 Å². The van der Waals surface area contributed by atoms with E-state index in [1.165, 1.54) is 33.5 Å². The molecule has 0 amide bonds. The van der Waals surface area contributed by atoms with Gasteiger partial charge in [0.1, 0.15) is 0 Å². The van der Waals surface area contributed by atoms with Crippen LogP contribution in [-0.4, -0.2) is 25.6 Å². The van der Waals surface area contributed by atoms with Crippen molar-refractivity contribution in [3.05, 3.63) is 139 Å². The van der Waals surface area contributed by atoms with E-state index in [-0.39, 0.29) is 0 Å². The maximum Gasteiger partial charge on any atom is 0.210 e. The van der Waals surface area contributed by atoms with E-state index in [1.807, 2.05) is 18.7 Å². The number of aryl methyl sites for hydroxylation is 1. The van der Waals surface area contributed by atoms with Crippen LogP contribution in [0, 0.1) is 6.92 Å². The quantitative estimate of drug-likeness (QED) is 0.235. The summed E-state index contributed by atoms with van der Waals surface area (Å²) in [4.78, 5) is 11.7. The largest absolute Gasteiger partial charge is 0.315 e. The number of aromatic nitrogens is 4. The molecule has 0 spiro atoms. The summed E-state index contributed by atoms with van der Waals surface area (Å²) in [5, 5.41) is 0. The van der Waals surface area contributed by atoms with E-state index in [4.69, 9.17) is 4.98 Å². The number of benzene rings is 4. The minimum Gasteiger partial charge on any atom is -0.315 e. The van der Waals surface area contributed by atoms with Crippen LogP contribution in [0.4, 0.5) is 11.6 Å². The number of rotatable bonds is 6. The number of nitrogens with zero attached hydrogens (tertiary/aromatic N) is 5. The van der Waals surface area contributed by atoms with E-state index in [9.17, 15) is 0 Å². The molecule has 6 aromatic rings. The maximum absolute atomic E-state index is 4.82. The molecule has 0 bridgehead atoms. The molecule has 1 aliphatic heterocycles. The van der Waals surface area contributed by atoms with Crippen molar-refractivity contribution < 1.29 is 0 Å². The summed E-state index contributed by atoms with van der Waals surface area (Å²) in [6.45, 7) is 4.09. The molecule has 0 aliphatic carbocycles. The zero-order valence-electron chi connectivity index (χ0n) is 21.9. The number of anilines is 2. The Labute approximate surface area is 228 Å². The van der Waals surface area contributed by atoms with E-state index in [1.54, 1.807) is 0 Å². The lowest BCUT2D eigenvalue weighted by atomic mass is 10.00. The van der Waals surface area contributed by atoms with Crippen molar-refractivity contribution in [1.29, 1.82) is 0 Å². The first-order chi connectivity index (χ1) is 19.2. The summed E-state index contributed by atoms with van der Waals surface area (Å²) in [6, 6.07) is 34.6. The van der Waals surface area contributed by atoms with Gasteiger partial charge in [-0.1, -0.05) is 78.9 Å². The first kappa shape index (κ1) is 23.2. The third kappa shape index (κ3) is 4.42. The fraction of sp³-hybridized carbons (Fsp3) is 0.118. The SMILES string of the molecule is Cc1cccc(-c2ccccc2)c1-n1cnc(-c2cccc(Cc3cccc(N4CCn5ccnc54)c3)c2)c1. The first-order valence-electron chi connectivity index (χ1n) is 13.4. The van der Waals surface area contributed by atoms with E-state index in [2.05, 4.69) is 129 Å². The van der Waals surface area contributed by atoms with Gasteiger partial charge in [-0.3, -0.25) is 0 Å². The molecule has 2 aromatic heterocycles. The van der Waals surface area contributed by atoms with Gasteiger partial charge in [0.15, 0.2) is 0 Å². The van der Waals surface area contributed by atoms with Crippen molar-refractivity contribution in [3.8, 4) is 28.1 Å². The Kier molecular flexibility index (Phi) is 5.82. The molecule has 0 N–H and O–H groups in total. The second-order valence-corrected chi connectivity index (χ2v) is 10.1. The van der Waals surface area contributed by atoms with Gasteiger partial charge in [-0.05, 0) is 53.8 Å². The van der Waals surface area contributed by atoms with E-state index in [0.717, 1.165) is 42.4 Å². The molecule has 4 aromatic carbocycles. The summed E-state index contributed by atoms with van der Waals surface area (Å²) in [5.74, 6) is 1.02. The Bertz CT molecular complexity index is 1760. The average molecular weight is 508 g/mol. The summed E-state index contributed by atoms with van der Waals surface area (Å²) in [7, 11) is 0. The first-order valence-corrected chi connectivity index (χ1v) is 13.4. The minimum atomic E-state index is 0.862. The maximum atomic E-state index is 4.82. The van der Waals surface area contributed by atoms with Gasteiger partial charge in [0.25, 0.3) is 0 Å². The molecule has 0 saturated heterocycles. The highest BCUT2D eigenvalue weighted by Crippen LogP contribution is 2.32. The second kappa shape index (κ2) is 9.76. The van der Waals surface area contributed by atoms with Crippen LogP contribution in [0.15, 0.2) is 122 Å². The van der Waals surface area contributed by atoms with Crippen LogP contribution in [0.5, 0.6) is 0 Å². The van der Waals surface area contributed by atoms with Crippen LogP contribution >= 0.6 is 0 Å². The van der Waals surface area contributed by atoms with Crippen LogP contribution in [0.1, 0.15) is 16.7 Å². The monoisotopic (exact) mass is 507 g/mol. The molecule has 0 radical (unpaired) electrons. The van der Waals surface area contributed by atoms with Gasteiger partial charge in [-0.2, -0.15) is 0 Å². The second-order valence-electron chi connectivity index (χ2n) is 10.1. The summed E-state index contributed by atoms with van der Waals surface area (Å²) in [6.07, 6.45) is 8.86. The zero-order valence-corrected chi connectivity index (χ0v) is 21.9. The van der Waals surface area contributed by atoms with Gasteiger partial charge in [-0.15, -0.1) is 0 Å². The molecule has 1 aliphatic rings. The minimum absolute atomic E-state index is 0.862. The summed E-state index contributed by atoms with van der Waals surface area (Å²) < 4.78 is 4.36. The molecule has 190 valence electrons. The summed E-state index contributed by atoms with van der Waals surface area (Å²) >= 11 is 0.